The highest BCUT2D eigenvalue weighted by atomic mass is 14.5. The van der Waals surface area contributed by atoms with Gasteiger partial charge >= 0.3 is 0 Å². The van der Waals surface area contributed by atoms with E-state index in [9.17, 15) is 0 Å². The summed E-state index contributed by atoms with van der Waals surface area (Å²) in [5.74, 6) is 0.672. The average molecular weight is 303 g/mol. The summed E-state index contributed by atoms with van der Waals surface area (Å²) < 4.78 is 0. The molecule has 0 aromatic rings. The SMILES string of the molecule is C=CC(=C)C(=C)C(C)(C)C(=C)C(C)(C)C(C)(C)C(CC)CC. The van der Waals surface area contributed by atoms with Crippen LogP contribution in [0.25, 0.3) is 0 Å². The van der Waals surface area contributed by atoms with Crippen LogP contribution in [0.4, 0.5) is 0 Å². The second-order valence-electron chi connectivity index (χ2n) is 8.17. The lowest BCUT2D eigenvalue weighted by atomic mass is 9.52. The molecule has 0 atom stereocenters. The molecule has 0 heteroatoms. The van der Waals surface area contributed by atoms with Crippen LogP contribution in [-0.2, 0) is 0 Å². The maximum atomic E-state index is 4.52. The van der Waals surface area contributed by atoms with E-state index in [1.807, 2.05) is 0 Å². The van der Waals surface area contributed by atoms with Crippen molar-refractivity contribution in [3.63, 3.8) is 0 Å². The molecule has 0 spiro atoms. The molecular formula is C22H38. The van der Waals surface area contributed by atoms with Crippen molar-refractivity contribution < 1.29 is 0 Å². The first-order valence-corrected chi connectivity index (χ1v) is 8.53. The normalized spacial score (nSPS) is 13.1. The van der Waals surface area contributed by atoms with Gasteiger partial charge in [0.1, 0.15) is 0 Å². The first-order valence-electron chi connectivity index (χ1n) is 8.53. The van der Waals surface area contributed by atoms with E-state index >= 15 is 0 Å². The molecule has 0 nitrogen and oxygen atoms in total. The Morgan fingerprint density at radius 3 is 1.64 bits per heavy atom. The topological polar surface area (TPSA) is 0 Å². The Hall–Kier alpha value is -1.04. The fraction of sp³-hybridized carbons (Fsp3) is 0.636. The molecule has 22 heavy (non-hydrogen) atoms. The van der Waals surface area contributed by atoms with Crippen molar-refractivity contribution >= 4 is 0 Å². The van der Waals surface area contributed by atoms with Crippen LogP contribution in [0.5, 0.6) is 0 Å². The largest absolute Gasteiger partial charge is 0.0985 e. The zero-order chi connectivity index (χ0) is 17.9. The second-order valence-corrected chi connectivity index (χ2v) is 8.17. The Bertz CT molecular complexity index is 450. The lowest BCUT2D eigenvalue weighted by molar-refractivity contribution is 0.0516. The highest BCUT2D eigenvalue weighted by molar-refractivity contribution is 5.44. The molecule has 0 unspecified atom stereocenters. The zero-order valence-electron chi connectivity index (χ0n) is 16.4. The molecule has 126 valence electrons. The molecule has 0 aromatic heterocycles. The molecular weight excluding hydrogens is 264 g/mol. The van der Waals surface area contributed by atoms with Crippen LogP contribution in [0, 0.1) is 22.2 Å². The standard InChI is InChI=1S/C22H38/c1-13-16(4)17(5)20(7,8)18(6)21(9,10)22(11,12)19(14-2)15-3/h13,19H,1,4-6,14-15H2,2-3,7-12H3. The van der Waals surface area contributed by atoms with E-state index in [0.717, 1.165) is 11.1 Å². The summed E-state index contributed by atoms with van der Waals surface area (Å²) in [4.78, 5) is 0. The summed E-state index contributed by atoms with van der Waals surface area (Å²) in [7, 11) is 0. The van der Waals surface area contributed by atoms with Crippen molar-refractivity contribution in [2.75, 3.05) is 0 Å². The number of rotatable bonds is 9. The van der Waals surface area contributed by atoms with Crippen LogP contribution < -0.4 is 0 Å². The minimum absolute atomic E-state index is 0.00240. The molecule has 0 saturated carbocycles. The van der Waals surface area contributed by atoms with Crippen molar-refractivity contribution in [2.45, 2.75) is 68.2 Å². The molecule has 0 N–H and O–H groups in total. The van der Waals surface area contributed by atoms with Crippen LogP contribution in [0.1, 0.15) is 68.2 Å². The Balaban J connectivity index is 5.80. The highest BCUT2D eigenvalue weighted by Crippen LogP contribution is 2.56. The van der Waals surface area contributed by atoms with Crippen molar-refractivity contribution in [1.82, 2.24) is 0 Å². The van der Waals surface area contributed by atoms with Gasteiger partial charge in [-0.2, -0.15) is 0 Å². The summed E-state index contributed by atoms with van der Waals surface area (Å²) >= 11 is 0. The van der Waals surface area contributed by atoms with Gasteiger partial charge in [0.15, 0.2) is 0 Å². The summed E-state index contributed by atoms with van der Waals surface area (Å²) in [5, 5.41) is 0. The van der Waals surface area contributed by atoms with E-state index in [1.54, 1.807) is 6.08 Å². The third-order valence-corrected chi connectivity index (χ3v) is 6.51. The van der Waals surface area contributed by atoms with Crippen LogP contribution in [0.3, 0.4) is 0 Å². The first kappa shape index (κ1) is 21.0. The maximum absolute atomic E-state index is 4.52. The molecule has 0 heterocycles. The Kier molecular flexibility index (Phi) is 6.69. The molecule has 0 aromatic carbocycles. The van der Waals surface area contributed by atoms with Gasteiger partial charge in [0, 0.05) is 5.41 Å². The Morgan fingerprint density at radius 1 is 0.909 bits per heavy atom. The van der Waals surface area contributed by atoms with Crippen LogP contribution in [-0.4, -0.2) is 0 Å². The minimum Gasteiger partial charge on any atom is -0.0985 e. The monoisotopic (exact) mass is 302 g/mol. The minimum atomic E-state index is -0.196. The number of hydrogen-bond donors (Lipinski definition) is 0. The van der Waals surface area contributed by atoms with E-state index in [1.165, 1.54) is 18.4 Å². The molecule has 0 amide bonds. The highest BCUT2D eigenvalue weighted by Gasteiger charge is 2.47. The molecule has 0 radical (unpaired) electrons. The fourth-order valence-electron chi connectivity index (χ4n) is 3.70. The van der Waals surface area contributed by atoms with E-state index < -0.39 is 0 Å². The maximum Gasteiger partial charge on any atom is 0.0108 e. The fourth-order valence-corrected chi connectivity index (χ4v) is 3.70. The second kappa shape index (κ2) is 7.02. The lowest BCUT2D eigenvalue weighted by Crippen LogP contribution is -2.43. The Morgan fingerprint density at radius 2 is 1.32 bits per heavy atom. The Labute approximate surface area is 140 Å². The van der Waals surface area contributed by atoms with Gasteiger partial charge in [-0.05, 0) is 27.9 Å². The van der Waals surface area contributed by atoms with Gasteiger partial charge in [0.2, 0.25) is 0 Å². The molecule has 0 saturated heterocycles. The predicted molar refractivity (Wildman–Crippen MR) is 103 cm³/mol. The van der Waals surface area contributed by atoms with Gasteiger partial charge in [-0.3, -0.25) is 0 Å². The van der Waals surface area contributed by atoms with Gasteiger partial charge in [-0.1, -0.05) is 106 Å². The summed E-state index contributed by atoms with van der Waals surface area (Å²) in [6.07, 6.45) is 4.18. The van der Waals surface area contributed by atoms with E-state index in [0.29, 0.717) is 5.92 Å². The number of hydrogen-bond acceptors (Lipinski definition) is 0. The zero-order valence-corrected chi connectivity index (χ0v) is 16.4. The van der Waals surface area contributed by atoms with E-state index in [4.69, 9.17) is 0 Å². The molecule has 0 bridgehead atoms. The van der Waals surface area contributed by atoms with Gasteiger partial charge in [0.05, 0.1) is 0 Å². The summed E-state index contributed by atoms with van der Waals surface area (Å²) in [6.45, 7) is 35.1. The molecule has 0 fully saturated rings. The van der Waals surface area contributed by atoms with Gasteiger partial charge in [-0.15, -0.1) is 0 Å². The van der Waals surface area contributed by atoms with Crippen molar-refractivity contribution in [3.8, 4) is 0 Å². The molecule has 0 aliphatic heterocycles. The van der Waals surface area contributed by atoms with Crippen molar-refractivity contribution in [2.24, 2.45) is 22.2 Å². The predicted octanol–water partition coefficient (Wildman–Crippen LogP) is 7.36. The third-order valence-electron chi connectivity index (χ3n) is 6.51. The summed E-state index contributed by atoms with van der Waals surface area (Å²) in [5.41, 5.74) is 3.11. The van der Waals surface area contributed by atoms with Crippen LogP contribution >= 0.6 is 0 Å². The van der Waals surface area contributed by atoms with Crippen LogP contribution in [0.15, 0.2) is 49.1 Å². The summed E-state index contributed by atoms with van der Waals surface area (Å²) in [6, 6.07) is 0. The van der Waals surface area contributed by atoms with Gasteiger partial charge in [-0.25, -0.2) is 0 Å². The van der Waals surface area contributed by atoms with Gasteiger partial charge < -0.3 is 0 Å². The van der Waals surface area contributed by atoms with E-state index in [2.05, 4.69) is 81.7 Å². The van der Waals surface area contributed by atoms with Crippen molar-refractivity contribution in [3.05, 3.63) is 49.1 Å². The van der Waals surface area contributed by atoms with Crippen LogP contribution in [0.2, 0.25) is 0 Å². The quantitative estimate of drug-likeness (QED) is 0.308. The average Bonchev–Trinajstić information content (AvgIpc) is 2.45. The molecule has 0 rings (SSSR count). The molecule has 0 aliphatic carbocycles. The first-order chi connectivity index (χ1) is 9.82. The smallest absolute Gasteiger partial charge is 0.0108 e. The third kappa shape index (κ3) is 3.47. The molecule has 0 aliphatic rings. The van der Waals surface area contributed by atoms with E-state index in [-0.39, 0.29) is 16.2 Å². The van der Waals surface area contributed by atoms with Gasteiger partial charge in [0.25, 0.3) is 0 Å². The number of allylic oxidation sites excluding steroid dienone is 4. The lowest BCUT2D eigenvalue weighted by Gasteiger charge is -2.52. The van der Waals surface area contributed by atoms with Crippen molar-refractivity contribution in [1.29, 1.82) is 0 Å².